The molecule has 0 unspecified atom stereocenters. The van der Waals surface area contributed by atoms with Gasteiger partial charge in [-0.15, -0.1) is 0 Å². The number of anilines is 1. The van der Waals surface area contributed by atoms with E-state index in [2.05, 4.69) is 32.6 Å². The fourth-order valence-electron chi connectivity index (χ4n) is 2.55. The van der Waals surface area contributed by atoms with Crippen LogP contribution in [-0.2, 0) is 6.54 Å². The summed E-state index contributed by atoms with van der Waals surface area (Å²) in [7, 11) is 0. The average Bonchev–Trinajstić information content (AvgIpc) is 3.18. The van der Waals surface area contributed by atoms with E-state index >= 15 is 0 Å². The molecular weight excluding hydrogens is 348 g/mol. The van der Waals surface area contributed by atoms with E-state index in [0.29, 0.717) is 29.1 Å². The maximum absolute atomic E-state index is 5.93. The molecule has 0 atom stereocenters. The van der Waals surface area contributed by atoms with Crippen LogP contribution in [0.3, 0.4) is 0 Å². The van der Waals surface area contributed by atoms with Crippen molar-refractivity contribution in [1.82, 2.24) is 15.1 Å². The Hall–Kier alpha value is -3.18. The van der Waals surface area contributed by atoms with Crippen molar-refractivity contribution in [1.29, 1.82) is 0 Å². The molecular formula is C20H15ClN4O. The number of nitrogens with zero attached hydrogens (tertiary/aromatic N) is 3. The Labute approximate surface area is 155 Å². The SMILES string of the molecule is Clc1ccc(-c2noc(-c3cccnc3NCc3ccccc3)n2)cc1. The summed E-state index contributed by atoms with van der Waals surface area (Å²) in [6.07, 6.45) is 1.73. The molecule has 2 aromatic carbocycles. The molecule has 0 aliphatic carbocycles. The van der Waals surface area contributed by atoms with Crippen molar-refractivity contribution >= 4 is 17.4 Å². The minimum atomic E-state index is 0.415. The van der Waals surface area contributed by atoms with Crippen LogP contribution in [0, 0.1) is 0 Å². The van der Waals surface area contributed by atoms with Crippen LogP contribution in [0.1, 0.15) is 5.56 Å². The highest BCUT2D eigenvalue weighted by molar-refractivity contribution is 6.30. The van der Waals surface area contributed by atoms with Gasteiger partial charge in [-0.05, 0) is 42.0 Å². The van der Waals surface area contributed by atoms with Crippen molar-refractivity contribution in [3.05, 3.63) is 83.5 Å². The van der Waals surface area contributed by atoms with Crippen molar-refractivity contribution in [3.8, 4) is 22.8 Å². The lowest BCUT2D eigenvalue weighted by molar-refractivity contribution is 0.432. The molecule has 0 aliphatic heterocycles. The van der Waals surface area contributed by atoms with Crippen molar-refractivity contribution < 1.29 is 4.52 Å². The molecule has 4 aromatic rings. The molecule has 6 heteroatoms. The fourth-order valence-corrected chi connectivity index (χ4v) is 2.68. The average molecular weight is 363 g/mol. The lowest BCUT2D eigenvalue weighted by Crippen LogP contribution is -2.02. The second-order valence-corrected chi connectivity index (χ2v) is 6.11. The quantitative estimate of drug-likeness (QED) is 0.537. The predicted molar refractivity (Wildman–Crippen MR) is 102 cm³/mol. The third-order valence-corrected chi connectivity index (χ3v) is 4.12. The van der Waals surface area contributed by atoms with Gasteiger partial charge in [0.15, 0.2) is 0 Å². The number of benzene rings is 2. The summed E-state index contributed by atoms with van der Waals surface area (Å²) in [5.41, 5.74) is 2.76. The molecule has 26 heavy (non-hydrogen) atoms. The van der Waals surface area contributed by atoms with Crippen LogP contribution in [0.25, 0.3) is 22.8 Å². The van der Waals surface area contributed by atoms with Crippen LogP contribution in [0.5, 0.6) is 0 Å². The molecule has 5 nitrogen and oxygen atoms in total. The first-order valence-electron chi connectivity index (χ1n) is 8.12. The summed E-state index contributed by atoms with van der Waals surface area (Å²) in [5, 5.41) is 8.06. The van der Waals surface area contributed by atoms with Gasteiger partial charge in [0.25, 0.3) is 5.89 Å². The van der Waals surface area contributed by atoms with E-state index in [1.807, 2.05) is 42.5 Å². The summed E-state index contributed by atoms with van der Waals surface area (Å²) >= 11 is 5.93. The summed E-state index contributed by atoms with van der Waals surface area (Å²) in [4.78, 5) is 8.90. The zero-order valence-electron chi connectivity index (χ0n) is 13.8. The molecule has 0 bridgehead atoms. The number of halogens is 1. The molecule has 0 fully saturated rings. The van der Waals surface area contributed by atoms with Crippen molar-refractivity contribution in [2.24, 2.45) is 0 Å². The zero-order valence-corrected chi connectivity index (χ0v) is 14.5. The Kier molecular flexibility index (Phi) is 4.62. The molecule has 2 heterocycles. The largest absolute Gasteiger partial charge is 0.365 e. The smallest absolute Gasteiger partial charge is 0.261 e. The Morgan fingerprint density at radius 1 is 0.923 bits per heavy atom. The molecule has 128 valence electrons. The normalized spacial score (nSPS) is 10.7. The fraction of sp³-hybridized carbons (Fsp3) is 0.0500. The number of pyridine rings is 1. The maximum Gasteiger partial charge on any atom is 0.261 e. The first-order chi connectivity index (χ1) is 12.8. The van der Waals surface area contributed by atoms with Crippen molar-refractivity contribution in [2.75, 3.05) is 5.32 Å². The predicted octanol–water partition coefficient (Wildman–Crippen LogP) is 5.06. The molecule has 0 saturated heterocycles. The van der Waals surface area contributed by atoms with E-state index in [0.717, 1.165) is 16.7 Å². The molecule has 0 aliphatic rings. The van der Waals surface area contributed by atoms with Gasteiger partial charge in [0, 0.05) is 23.3 Å². The zero-order chi connectivity index (χ0) is 17.8. The monoisotopic (exact) mass is 362 g/mol. The van der Waals surface area contributed by atoms with E-state index in [4.69, 9.17) is 16.1 Å². The summed E-state index contributed by atoms with van der Waals surface area (Å²) in [5.74, 6) is 1.62. The molecule has 0 radical (unpaired) electrons. The minimum Gasteiger partial charge on any atom is -0.365 e. The topological polar surface area (TPSA) is 63.8 Å². The third-order valence-electron chi connectivity index (χ3n) is 3.87. The second kappa shape index (κ2) is 7.37. The van der Waals surface area contributed by atoms with Crippen LogP contribution < -0.4 is 5.32 Å². The summed E-state index contributed by atoms with van der Waals surface area (Å²) in [6, 6.07) is 21.2. The van der Waals surface area contributed by atoms with Crippen LogP contribution in [0.4, 0.5) is 5.82 Å². The summed E-state index contributed by atoms with van der Waals surface area (Å²) in [6.45, 7) is 0.656. The number of hydrogen-bond donors (Lipinski definition) is 1. The summed E-state index contributed by atoms with van der Waals surface area (Å²) < 4.78 is 5.45. The van der Waals surface area contributed by atoms with Gasteiger partial charge < -0.3 is 9.84 Å². The standard InChI is InChI=1S/C20H15ClN4O/c21-16-10-8-15(9-11-16)18-24-20(26-25-18)17-7-4-12-22-19(17)23-13-14-5-2-1-3-6-14/h1-12H,13H2,(H,22,23). The number of hydrogen-bond acceptors (Lipinski definition) is 5. The highest BCUT2D eigenvalue weighted by atomic mass is 35.5. The highest BCUT2D eigenvalue weighted by Gasteiger charge is 2.14. The number of aromatic nitrogens is 3. The first-order valence-corrected chi connectivity index (χ1v) is 8.50. The van der Waals surface area contributed by atoms with Crippen LogP contribution in [-0.4, -0.2) is 15.1 Å². The molecule has 0 amide bonds. The Balaban J connectivity index is 1.59. The van der Waals surface area contributed by atoms with Crippen molar-refractivity contribution in [2.45, 2.75) is 6.54 Å². The van der Waals surface area contributed by atoms with Gasteiger partial charge in [0.05, 0.1) is 5.56 Å². The van der Waals surface area contributed by atoms with E-state index < -0.39 is 0 Å². The van der Waals surface area contributed by atoms with Gasteiger partial charge in [-0.2, -0.15) is 4.98 Å². The van der Waals surface area contributed by atoms with Crippen molar-refractivity contribution in [3.63, 3.8) is 0 Å². The minimum absolute atomic E-state index is 0.415. The Bertz CT molecular complexity index is 1000. The van der Waals surface area contributed by atoms with E-state index in [1.165, 1.54) is 0 Å². The van der Waals surface area contributed by atoms with Crippen LogP contribution >= 0.6 is 11.6 Å². The maximum atomic E-state index is 5.93. The molecule has 0 spiro atoms. The number of nitrogens with one attached hydrogen (secondary N) is 1. The molecule has 0 saturated carbocycles. The molecule has 2 aromatic heterocycles. The number of rotatable bonds is 5. The molecule has 1 N–H and O–H groups in total. The van der Waals surface area contributed by atoms with Gasteiger partial charge >= 0.3 is 0 Å². The van der Waals surface area contributed by atoms with Gasteiger partial charge in [0.1, 0.15) is 5.82 Å². The lowest BCUT2D eigenvalue weighted by Gasteiger charge is -2.08. The van der Waals surface area contributed by atoms with Gasteiger partial charge in [0.2, 0.25) is 5.82 Å². The second-order valence-electron chi connectivity index (χ2n) is 5.67. The van der Waals surface area contributed by atoms with Crippen LogP contribution in [0.2, 0.25) is 5.02 Å². The van der Waals surface area contributed by atoms with E-state index in [9.17, 15) is 0 Å². The van der Waals surface area contributed by atoms with E-state index in [-0.39, 0.29) is 0 Å². The molecule has 4 rings (SSSR count). The lowest BCUT2D eigenvalue weighted by atomic mass is 10.2. The first kappa shape index (κ1) is 16.3. The Morgan fingerprint density at radius 3 is 2.54 bits per heavy atom. The Morgan fingerprint density at radius 2 is 1.73 bits per heavy atom. The third kappa shape index (κ3) is 3.58. The van der Waals surface area contributed by atoms with Gasteiger partial charge in [-0.25, -0.2) is 4.98 Å². The van der Waals surface area contributed by atoms with Gasteiger partial charge in [-0.1, -0.05) is 47.1 Å². The van der Waals surface area contributed by atoms with E-state index in [1.54, 1.807) is 18.3 Å². The highest BCUT2D eigenvalue weighted by Crippen LogP contribution is 2.27. The van der Waals surface area contributed by atoms with Gasteiger partial charge in [-0.3, -0.25) is 0 Å². The van der Waals surface area contributed by atoms with Crippen LogP contribution in [0.15, 0.2) is 77.4 Å².